The molecule has 2 heterocycles. The van der Waals surface area contributed by atoms with Crippen LogP contribution in [0.5, 0.6) is 0 Å². The van der Waals surface area contributed by atoms with Gasteiger partial charge in [0.15, 0.2) is 0 Å². The summed E-state index contributed by atoms with van der Waals surface area (Å²) in [6, 6.07) is 3.87. The lowest BCUT2D eigenvalue weighted by Gasteiger charge is -2.02. The number of carbonyl (C=O) groups excluding carboxylic acids is 1. The van der Waals surface area contributed by atoms with E-state index < -0.39 is 0 Å². The number of halogens is 1. The number of thiophene rings is 1. The van der Waals surface area contributed by atoms with Gasteiger partial charge in [-0.1, -0.05) is 11.2 Å². The third-order valence-electron chi connectivity index (χ3n) is 2.73. The van der Waals surface area contributed by atoms with Crippen molar-refractivity contribution in [2.75, 3.05) is 13.1 Å². The number of aromatic nitrogens is 2. The van der Waals surface area contributed by atoms with Crippen molar-refractivity contribution in [1.82, 2.24) is 15.5 Å². The van der Waals surface area contributed by atoms with Crippen LogP contribution >= 0.6 is 23.7 Å². The number of aryl methyl sites for hydroxylation is 1. The SMILES string of the molecule is Cl.NCCCCNC(=O)CCc1nc(-c2cccs2)no1. The van der Waals surface area contributed by atoms with E-state index in [0.29, 0.717) is 37.6 Å². The highest BCUT2D eigenvalue weighted by molar-refractivity contribution is 7.13. The monoisotopic (exact) mass is 330 g/mol. The topological polar surface area (TPSA) is 94.0 Å². The molecule has 116 valence electrons. The Morgan fingerprint density at radius 1 is 1.43 bits per heavy atom. The molecule has 0 saturated heterocycles. The zero-order valence-electron chi connectivity index (χ0n) is 11.6. The summed E-state index contributed by atoms with van der Waals surface area (Å²) < 4.78 is 5.13. The summed E-state index contributed by atoms with van der Waals surface area (Å²) in [7, 11) is 0. The van der Waals surface area contributed by atoms with Gasteiger partial charge in [0.1, 0.15) is 0 Å². The number of carbonyl (C=O) groups is 1. The van der Waals surface area contributed by atoms with Crippen molar-refractivity contribution in [2.45, 2.75) is 25.7 Å². The van der Waals surface area contributed by atoms with Crippen molar-refractivity contribution >= 4 is 29.7 Å². The van der Waals surface area contributed by atoms with Gasteiger partial charge < -0.3 is 15.6 Å². The fraction of sp³-hybridized carbons (Fsp3) is 0.462. The third kappa shape index (κ3) is 5.82. The van der Waals surface area contributed by atoms with Gasteiger partial charge in [-0.05, 0) is 30.8 Å². The Labute approximate surface area is 133 Å². The molecule has 0 atom stereocenters. The number of nitrogens with two attached hydrogens (primary N) is 1. The first-order valence-electron chi connectivity index (χ1n) is 6.63. The number of nitrogens with one attached hydrogen (secondary N) is 1. The molecule has 2 rings (SSSR count). The average Bonchev–Trinajstić information content (AvgIpc) is 3.11. The van der Waals surface area contributed by atoms with Crippen LogP contribution in [0, 0.1) is 0 Å². The van der Waals surface area contributed by atoms with Crippen molar-refractivity contribution < 1.29 is 9.32 Å². The lowest BCUT2D eigenvalue weighted by molar-refractivity contribution is -0.121. The molecule has 6 nitrogen and oxygen atoms in total. The molecule has 0 unspecified atom stereocenters. The van der Waals surface area contributed by atoms with E-state index in [4.69, 9.17) is 10.3 Å². The first kappa shape index (κ1) is 17.6. The molecule has 1 amide bonds. The zero-order chi connectivity index (χ0) is 14.2. The summed E-state index contributed by atoms with van der Waals surface area (Å²) in [5.41, 5.74) is 5.38. The van der Waals surface area contributed by atoms with Crippen LogP contribution in [0.4, 0.5) is 0 Å². The summed E-state index contributed by atoms with van der Waals surface area (Å²) in [4.78, 5) is 16.8. The van der Waals surface area contributed by atoms with Gasteiger partial charge in [0.2, 0.25) is 17.6 Å². The number of hydrogen-bond donors (Lipinski definition) is 2. The minimum atomic E-state index is -0.00195. The van der Waals surface area contributed by atoms with Gasteiger partial charge in [0.25, 0.3) is 0 Å². The minimum Gasteiger partial charge on any atom is -0.356 e. The van der Waals surface area contributed by atoms with Crippen molar-refractivity contribution in [1.29, 1.82) is 0 Å². The van der Waals surface area contributed by atoms with Gasteiger partial charge in [0.05, 0.1) is 4.88 Å². The fourth-order valence-corrected chi connectivity index (χ4v) is 2.32. The minimum absolute atomic E-state index is 0. The van der Waals surface area contributed by atoms with Crippen LogP contribution in [0.1, 0.15) is 25.2 Å². The molecule has 2 aromatic heterocycles. The van der Waals surface area contributed by atoms with Gasteiger partial charge in [0, 0.05) is 19.4 Å². The van der Waals surface area contributed by atoms with E-state index in [-0.39, 0.29) is 18.3 Å². The van der Waals surface area contributed by atoms with E-state index in [1.54, 1.807) is 11.3 Å². The maximum atomic E-state index is 11.6. The Bertz CT molecular complexity index is 530. The van der Waals surface area contributed by atoms with Crippen LogP contribution in [-0.4, -0.2) is 29.1 Å². The summed E-state index contributed by atoms with van der Waals surface area (Å²) >= 11 is 1.55. The second-order valence-electron chi connectivity index (χ2n) is 4.33. The number of nitrogens with zero attached hydrogens (tertiary/aromatic N) is 2. The highest BCUT2D eigenvalue weighted by Crippen LogP contribution is 2.21. The molecule has 21 heavy (non-hydrogen) atoms. The molecule has 0 spiro atoms. The Balaban J connectivity index is 0.00000220. The number of hydrogen-bond acceptors (Lipinski definition) is 6. The first-order chi connectivity index (χ1) is 9.79. The first-order valence-corrected chi connectivity index (χ1v) is 7.51. The van der Waals surface area contributed by atoms with Crippen LogP contribution in [0.15, 0.2) is 22.0 Å². The van der Waals surface area contributed by atoms with Gasteiger partial charge >= 0.3 is 0 Å². The molecule has 0 bridgehead atoms. The van der Waals surface area contributed by atoms with Crippen LogP contribution in [0.25, 0.3) is 10.7 Å². The lowest BCUT2D eigenvalue weighted by Crippen LogP contribution is -2.25. The van der Waals surface area contributed by atoms with Crippen molar-refractivity contribution in [3.63, 3.8) is 0 Å². The van der Waals surface area contributed by atoms with E-state index >= 15 is 0 Å². The summed E-state index contributed by atoms with van der Waals surface area (Å²) in [5, 5.41) is 8.70. The van der Waals surface area contributed by atoms with Crippen LogP contribution < -0.4 is 11.1 Å². The second-order valence-corrected chi connectivity index (χ2v) is 5.28. The largest absolute Gasteiger partial charge is 0.356 e. The zero-order valence-corrected chi connectivity index (χ0v) is 13.2. The van der Waals surface area contributed by atoms with Gasteiger partial charge in [-0.3, -0.25) is 4.79 Å². The fourth-order valence-electron chi connectivity index (χ4n) is 1.67. The normalized spacial score (nSPS) is 10.1. The van der Waals surface area contributed by atoms with E-state index in [2.05, 4.69) is 15.5 Å². The van der Waals surface area contributed by atoms with Crippen LogP contribution in [0.2, 0.25) is 0 Å². The van der Waals surface area contributed by atoms with Gasteiger partial charge in [-0.15, -0.1) is 23.7 Å². The Morgan fingerprint density at radius 2 is 2.29 bits per heavy atom. The summed E-state index contributed by atoms with van der Waals surface area (Å²) in [6.07, 6.45) is 2.65. The molecule has 0 aromatic carbocycles. The van der Waals surface area contributed by atoms with Crippen molar-refractivity contribution in [2.24, 2.45) is 5.73 Å². The average molecular weight is 331 g/mol. The van der Waals surface area contributed by atoms with Crippen LogP contribution in [-0.2, 0) is 11.2 Å². The molecule has 0 saturated carbocycles. The summed E-state index contributed by atoms with van der Waals surface area (Å²) in [6.45, 7) is 1.32. The molecule has 2 aromatic rings. The predicted octanol–water partition coefficient (Wildman–Crippen LogP) is 2.01. The Kier molecular flexibility index (Phi) is 7.96. The number of unbranched alkanes of at least 4 members (excludes halogenated alkanes) is 1. The van der Waals surface area contributed by atoms with E-state index in [0.717, 1.165) is 17.7 Å². The van der Waals surface area contributed by atoms with Gasteiger partial charge in [-0.2, -0.15) is 4.98 Å². The van der Waals surface area contributed by atoms with Crippen LogP contribution in [0.3, 0.4) is 0 Å². The molecule has 0 aliphatic rings. The molecular weight excluding hydrogens is 312 g/mol. The van der Waals surface area contributed by atoms with Crippen molar-refractivity contribution in [3.8, 4) is 10.7 Å². The summed E-state index contributed by atoms with van der Waals surface area (Å²) in [5.74, 6) is 1.07. The van der Waals surface area contributed by atoms with E-state index in [9.17, 15) is 4.79 Å². The Morgan fingerprint density at radius 3 is 3.00 bits per heavy atom. The highest BCUT2D eigenvalue weighted by Gasteiger charge is 2.10. The van der Waals surface area contributed by atoms with Crippen molar-refractivity contribution in [3.05, 3.63) is 23.4 Å². The molecule has 0 aliphatic heterocycles. The molecular formula is C13H19ClN4O2S. The highest BCUT2D eigenvalue weighted by atomic mass is 35.5. The lowest BCUT2D eigenvalue weighted by atomic mass is 10.2. The Hall–Kier alpha value is -1.44. The molecule has 0 fully saturated rings. The van der Waals surface area contributed by atoms with E-state index in [1.165, 1.54) is 0 Å². The quantitative estimate of drug-likeness (QED) is 0.722. The molecule has 0 aliphatic carbocycles. The second kappa shape index (κ2) is 9.49. The smallest absolute Gasteiger partial charge is 0.227 e. The predicted molar refractivity (Wildman–Crippen MR) is 84.5 cm³/mol. The molecule has 0 radical (unpaired) electrons. The molecule has 8 heteroatoms. The number of rotatable bonds is 8. The third-order valence-corrected chi connectivity index (χ3v) is 3.59. The number of amides is 1. The molecule has 3 N–H and O–H groups in total. The van der Waals surface area contributed by atoms with Gasteiger partial charge in [-0.25, -0.2) is 0 Å². The van der Waals surface area contributed by atoms with E-state index in [1.807, 2.05) is 17.5 Å². The standard InChI is InChI=1S/C13H18N4O2S.ClH/c14-7-1-2-8-15-11(18)5-6-12-16-13(17-19-12)10-4-3-9-20-10;/h3-4,9H,1-2,5-8,14H2,(H,15,18);1H. The maximum absolute atomic E-state index is 11.6. The maximum Gasteiger partial charge on any atom is 0.227 e.